The second-order valence-electron chi connectivity index (χ2n) is 4.10. The van der Waals surface area contributed by atoms with Gasteiger partial charge in [-0.15, -0.1) is 0 Å². The molecular formula is C9H14N5O5P. The molecule has 110 valence electrons. The number of nitrogens with one attached hydrogen (secondary N) is 1. The maximum atomic E-state index is 10.7. The molecule has 2 heterocycles. The number of fused-ring (bicyclic) bond motifs is 1. The Morgan fingerprint density at radius 1 is 1.45 bits per heavy atom. The fraction of sp³-hybridized carbons (Fsp3) is 0.444. The van der Waals surface area contributed by atoms with Crippen molar-refractivity contribution in [2.45, 2.75) is 12.5 Å². The summed E-state index contributed by atoms with van der Waals surface area (Å²) in [5.41, 5.74) is 6.59. The number of hydrogen-bond donors (Lipinski definition) is 5. The number of H-pyrrole nitrogens is 1. The molecule has 2 rings (SSSR count). The largest absolute Gasteiger partial charge is 0.394 e. The van der Waals surface area contributed by atoms with E-state index in [2.05, 4.69) is 19.9 Å². The van der Waals surface area contributed by atoms with Gasteiger partial charge in [0.2, 0.25) is 0 Å². The van der Waals surface area contributed by atoms with Crippen molar-refractivity contribution in [3.05, 3.63) is 12.2 Å². The van der Waals surface area contributed by atoms with Gasteiger partial charge in [0.1, 0.15) is 17.7 Å². The van der Waals surface area contributed by atoms with Gasteiger partial charge in [-0.3, -0.25) is 4.57 Å². The predicted molar refractivity (Wildman–Crippen MR) is 68.7 cm³/mol. The fourth-order valence-corrected chi connectivity index (χ4v) is 1.98. The zero-order valence-corrected chi connectivity index (χ0v) is 11.2. The van der Waals surface area contributed by atoms with Crippen LogP contribution >= 0.6 is 7.60 Å². The van der Waals surface area contributed by atoms with Crippen LogP contribution in [0.1, 0.15) is 5.82 Å². The quantitative estimate of drug-likeness (QED) is 0.420. The molecule has 1 atom stereocenters. The molecule has 0 aliphatic carbocycles. The number of aromatic nitrogens is 4. The van der Waals surface area contributed by atoms with Crippen LogP contribution in [0.25, 0.3) is 11.2 Å². The molecule has 11 heteroatoms. The first kappa shape index (κ1) is 14.8. The van der Waals surface area contributed by atoms with Crippen molar-refractivity contribution in [1.82, 2.24) is 19.9 Å². The third-order valence-corrected chi connectivity index (χ3v) is 2.94. The van der Waals surface area contributed by atoms with Crippen LogP contribution < -0.4 is 5.73 Å². The van der Waals surface area contributed by atoms with Crippen LogP contribution in [0.3, 0.4) is 0 Å². The molecule has 0 radical (unpaired) electrons. The number of nitrogens with zero attached hydrogens (tertiary/aromatic N) is 3. The van der Waals surface area contributed by atoms with E-state index in [1.165, 1.54) is 6.33 Å². The van der Waals surface area contributed by atoms with Crippen LogP contribution in [0.2, 0.25) is 0 Å². The van der Waals surface area contributed by atoms with E-state index in [9.17, 15) is 4.57 Å². The summed E-state index contributed by atoms with van der Waals surface area (Å²) in [6, 6.07) is 0. The number of anilines is 1. The number of aromatic amines is 1. The Morgan fingerprint density at radius 3 is 2.85 bits per heavy atom. The number of nitrogens with two attached hydrogens (primary N) is 1. The van der Waals surface area contributed by atoms with Crippen molar-refractivity contribution in [1.29, 1.82) is 0 Å². The Labute approximate surface area is 113 Å². The van der Waals surface area contributed by atoms with Gasteiger partial charge in [-0.2, -0.15) is 0 Å². The lowest BCUT2D eigenvalue weighted by Crippen LogP contribution is -2.22. The molecule has 10 nitrogen and oxygen atoms in total. The molecule has 20 heavy (non-hydrogen) atoms. The minimum absolute atomic E-state index is 0.0590. The first-order valence-corrected chi connectivity index (χ1v) is 7.41. The molecule has 0 aliphatic rings. The second-order valence-corrected chi connectivity index (χ2v) is 5.68. The molecule has 0 amide bonds. The normalized spacial score (nSPS) is 13.8. The molecular weight excluding hydrogens is 289 g/mol. The third kappa shape index (κ3) is 3.71. The van der Waals surface area contributed by atoms with Crippen molar-refractivity contribution < 1.29 is 24.2 Å². The summed E-state index contributed by atoms with van der Waals surface area (Å²) in [7, 11) is -4.29. The maximum Gasteiger partial charge on any atom is 0.350 e. The Bertz CT molecular complexity index is 641. The Morgan fingerprint density at radius 2 is 2.20 bits per heavy atom. The second kappa shape index (κ2) is 5.81. The summed E-state index contributed by atoms with van der Waals surface area (Å²) >= 11 is 0. The maximum absolute atomic E-state index is 10.7. The van der Waals surface area contributed by atoms with E-state index in [-0.39, 0.29) is 18.1 Å². The lowest BCUT2D eigenvalue weighted by atomic mass is 10.2. The molecule has 6 N–H and O–H groups in total. The van der Waals surface area contributed by atoms with E-state index in [4.69, 9.17) is 25.4 Å². The van der Waals surface area contributed by atoms with Gasteiger partial charge in [0.15, 0.2) is 11.5 Å². The van der Waals surface area contributed by atoms with Crippen molar-refractivity contribution in [2.24, 2.45) is 0 Å². The average Bonchev–Trinajstić information content (AvgIpc) is 2.82. The first-order chi connectivity index (χ1) is 9.39. The molecule has 0 aliphatic heterocycles. The molecule has 0 aromatic carbocycles. The topological polar surface area (TPSA) is 167 Å². The van der Waals surface area contributed by atoms with E-state index in [1.54, 1.807) is 0 Å². The molecule has 0 saturated heterocycles. The fourth-order valence-electron chi connectivity index (χ4n) is 1.58. The molecule has 0 bridgehead atoms. The molecule has 2 aromatic heterocycles. The Balaban J connectivity index is 2.11. The lowest BCUT2D eigenvalue weighted by molar-refractivity contribution is 0.0296. The summed E-state index contributed by atoms with van der Waals surface area (Å²) in [5.74, 6) is 0.473. The average molecular weight is 303 g/mol. The minimum Gasteiger partial charge on any atom is -0.394 e. The van der Waals surface area contributed by atoms with E-state index >= 15 is 0 Å². The zero-order valence-electron chi connectivity index (χ0n) is 10.3. The minimum atomic E-state index is -4.29. The van der Waals surface area contributed by atoms with Gasteiger partial charge in [0, 0.05) is 6.42 Å². The van der Waals surface area contributed by atoms with Crippen LogP contribution in [-0.4, -0.2) is 53.9 Å². The number of nitrogen functional groups attached to an aromatic ring is 1. The van der Waals surface area contributed by atoms with Gasteiger partial charge in [0.25, 0.3) is 0 Å². The van der Waals surface area contributed by atoms with Gasteiger partial charge in [-0.25, -0.2) is 15.0 Å². The summed E-state index contributed by atoms with van der Waals surface area (Å²) in [6.45, 7) is -0.429. The van der Waals surface area contributed by atoms with E-state index in [1.807, 2.05) is 0 Å². The molecule has 0 saturated carbocycles. The van der Waals surface area contributed by atoms with E-state index < -0.39 is 26.7 Å². The smallest absolute Gasteiger partial charge is 0.350 e. The predicted octanol–water partition coefficient (Wildman–Crippen LogP) is -1.01. The highest BCUT2D eigenvalue weighted by Crippen LogP contribution is 2.34. The van der Waals surface area contributed by atoms with Crippen molar-refractivity contribution in [3.63, 3.8) is 0 Å². The number of aliphatic hydroxyl groups is 1. The van der Waals surface area contributed by atoms with Gasteiger partial charge < -0.3 is 30.3 Å². The zero-order chi connectivity index (χ0) is 14.8. The monoisotopic (exact) mass is 303 g/mol. The van der Waals surface area contributed by atoms with Gasteiger partial charge in [0.05, 0.1) is 19.0 Å². The first-order valence-electron chi connectivity index (χ1n) is 5.61. The molecule has 2 aromatic rings. The van der Waals surface area contributed by atoms with Crippen LogP contribution in [0.4, 0.5) is 5.82 Å². The standard InChI is InChI=1S/C9H14N5O5P/c10-8-7-9(12-3-11-7)14-6(13-8)1-5(2-15)19-4-20(16,17)18/h3,5,15H,1-2,4H2,(H2,16,17,18)(H3,10,11,12,13,14). The Hall–Kier alpha value is -1.58. The molecule has 1 unspecified atom stereocenters. The lowest BCUT2D eigenvalue weighted by Gasteiger charge is -2.15. The number of rotatable bonds is 6. The van der Waals surface area contributed by atoms with Gasteiger partial charge in [-0.1, -0.05) is 0 Å². The number of hydrogen-bond acceptors (Lipinski definition) is 7. The van der Waals surface area contributed by atoms with Crippen LogP contribution in [-0.2, 0) is 15.7 Å². The summed E-state index contributed by atoms with van der Waals surface area (Å²) < 4.78 is 15.7. The van der Waals surface area contributed by atoms with Crippen LogP contribution in [0.5, 0.6) is 0 Å². The highest BCUT2D eigenvalue weighted by atomic mass is 31.2. The highest BCUT2D eigenvalue weighted by Gasteiger charge is 2.19. The summed E-state index contributed by atoms with van der Waals surface area (Å²) in [5, 5.41) is 9.14. The van der Waals surface area contributed by atoms with Crippen molar-refractivity contribution >= 4 is 24.6 Å². The van der Waals surface area contributed by atoms with Gasteiger partial charge >= 0.3 is 7.60 Å². The summed E-state index contributed by atoms with van der Waals surface area (Å²) in [4.78, 5) is 32.3. The molecule has 0 spiro atoms. The van der Waals surface area contributed by atoms with Crippen molar-refractivity contribution in [3.8, 4) is 0 Å². The Kier molecular flexibility index (Phi) is 4.31. The number of ether oxygens (including phenoxy) is 1. The summed E-state index contributed by atoms with van der Waals surface area (Å²) in [6.07, 6.45) is -0.131. The van der Waals surface area contributed by atoms with Crippen molar-refractivity contribution in [2.75, 3.05) is 18.7 Å². The molecule has 0 fully saturated rings. The van der Waals surface area contributed by atoms with Gasteiger partial charge in [-0.05, 0) is 0 Å². The van der Waals surface area contributed by atoms with Crippen LogP contribution in [0, 0.1) is 0 Å². The van der Waals surface area contributed by atoms with E-state index in [0.717, 1.165) is 0 Å². The highest BCUT2D eigenvalue weighted by molar-refractivity contribution is 7.51. The third-order valence-electron chi connectivity index (χ3n) is 2.45. The van der Waals surface area contributed by atoms with E-state index in [0.29, 0.717) is 11.2 Å². The SMILES string of the molecule is Nc1nc(CC(CO)OCP(=O)(O)O)nc2nc[nH]c12. The number of aliphatic hydroxyl groups excluding tert-OH is 1. The number of imidazole rings is 1. The van der Waals surface area contributed by atoms with Crippen LogP contribution in [0.15, 0.2) is 6.33 Å².